The highest BCUT2D eigenvalue weighted by Gasteiger charge is 2.46. The van der Waals surface area contributed by atoms with E-state index in [-0.39, 0.29) is 81.0 Å². The molecule has 0 aromatic carbocycles. The molecular weight excluding hydrogens is 1230 g/mol. The van der Waals surface area contributed by atoms with Crippen molar-refractivity contribution in [2.45, 2.75) is 247 Å². The number of piperidine rings is 1. The number of nitrogens with one attached hydrogen (secondary N) is 4. The van der Waals surface area contributed by atoms with E-state index in [1.165, 1.54) is 61.0 Å². The highest BCUT2D eigenvalue weighted by atomic mass is 19.1. The summed E-state index contributed by atoms with van der Waals surface area (Å²) in [5.74, 6) is -12.1. The van der Waals surface area contributed by atoms with Gasteiger partial charge in [0.1, 0.15) is 60.0 Å². The topological polar surface area (TPSA) is 328 Å². The van der Waals surface area contributed by atoms with Crippen LogP contribution in [0.15, 0.2) is 0 Å². The molecule has 13 atom stereocenters. The van der Waals surface area contributed by atoms with Crippen molar-refractivity contribution in [2.75, 3.05) is 75.1 Å². The van der Waals surface area contributed by atoms with Crippen molar-refractivity contribution in [1.29, 1.82) is 0 Å². The average molecular weight is 1350 g/mol. The van der Waals surface area contributed by atoms with E-state index in [9.17, 15) is 53.7 Å². The molecule has 2 aliphatic heterocycles. The summed E-state index contributed by atoms with van der Waals surface area (Å²) >= 11 is 0. The fourth-order valence-corrected chi connectivity index (χ4v) is 12.2. The molecule has 0 aliphatic carbocycles. The number of aliphatic hydroxyl groups excluding tert-OH is 3. The number of carbonyl (C=O) groups excluding carboxylic acids is 11. The van der Waals surface area contributed by atoms with Gasteiger partial charge >= 0.3 is 5.97 Å². The maximum Gasteiger partial charge on any atom is 0.329 e. The van der Waals surface area contributed by atoms with Crippen LogP contribution in [0.2, 0.25) is 0 Å². The number of hydrogen-bond donors (Lipinski definition) is 7. The van der Waals surface area contributed by atoms with E-state index in [1.54, 1.807) is 34.6 Å². The summed E-state index contributed by atoms with van der Waals surface area (Å²) in [6.07, 6.45) is -4.06. The quantitative estimate of drug-likeness (QED) is 0.0914. The molecular formula is C68H122FN11O15. The van der Waals surface area contributed by atoms with Gasteiger partial charge in [0.2, 0.25) is 53.2 Å². The van der Waals surface area contributed by atoms with Gasteiger partial charge in [-0.05, 0) is 119 Å². The van der Waals surface area contributed by atoms with Gasteiger partial charge in [0.25, 0.3) is 5.91 Å². The van der Waals surface area contributed by atoms with Gasteiger partial charge in [0.05, 0.1) is 25.4 Å². The second kappa shape index (κ2) is 38.2. The van der Waals surface area contributed by atoms with Crippen LogP contribution in [0.1, 0.15) is 169 Å². The second-order valence-electron chi connectivity index (χ2n) is 29.9. The molecule has 0 radical (unpaired) electrons. The number of esters is 1. The Morgan fingerprint density at radius 3 is 1.33 bits per heavy atom. The highest BCUT2D eigenvalue weighted by molar-refractivity contribution is 5.99. The van der Waals surface area contributed by atoms with Crippen LogP contribution < -0.4 is 21.3 Å². The molecule has 0 saturated carbocycles. The number of carbonyl (C=O) groups is 11. The lowest BCUT2D eigenvalue weighted by atomic mass is 9.90. The predicted octanol–water partition coefficient (Wildman–Crippen LogP) is 2.57. The first-order chi connectivity index (χ1) is 43.8. The van der Waals surface area contributed by atoms with Crippen LogP contribution in [0.4, 0.5) is 4.39 Å². The van der Waals surface area contributed by atoms with E-state index >= 15 is 18.8 Å². The number of nitrogens with zero attached hydrogens (tertiary/aromatic N) is 7. The number of amides is 10. The van der Waals surface area contributed by atoms with Gasteiger partial charge in [-0.25, -0.2) is 9.18 Å². The highest BCUT2D eigenvalue weighted by Crippen LogP contribution is 2.29. The Morgan fingerprint density at radius 2 is 0.916 bits per heavy atom. The summed E-state index contributed by atoms with van der Waals surface area (Å²) in [5, 5.41) is 44.4. The number of halogens is 1. The van der Waals surface area contributed by atoms with Crippen molar-refractivity contribution < 1.29 is 77.2 Å². The zero-order chi connectivity index (χ0) is 73.2. The van der Waals surface area contributed by atoms with E-state index < -0.39 is 174 Å². The summed E-state index contributed by atoms with van der Waals surface area (Å²) in [7, 11) is 8.03. The monoisotopic (exact) mass is 1350 g/mol. The molecule has 2 rings (SSSR count). The van der Waals surface area contributed by atoms with Gasteiger partial charge in [-0.1, -0.05) is 104 Å². The van der Waals surface area contributed by atoms with Crippen LogP contribution in [-0.4, -0.2) is 268 Å². The molecule has 95 heavy (non-hydrogen) atoms. The summed E-state index contributed by atoms with van der Waals surface area (Å²) < 4.78 is 20.9. The standard InChI is InChI=1S/C68H122FN11O15/c1-37(2)30-47-62(89)76(20)50(33-40(7)8)58(85)70-45(16)67(94)95-57(43(13)14)66(93)77(21)51(34-41(9)10)60(87)72-48(31-38(3)4)63(90)78(22)54(42(11)12)65(92)79(23)55(56(84)44(15)24-27-80-28-25-68(69,36-81)26-29-80)61(88)73-53(46(17)82)64(91)74(18)35-52(83)75(19)49(32-39(5)6)59(86)71-47/h37-51,53-57,81-82,84H,24-36H2,1-23H3,(H,70,85)(H,71,86)(H,72,87)(H,73,88)/t44-,45+,46-,47+,48-,49+,50+,51+,53+,54+,55+,56-,57-/m1/s1. The number of rotatable bonds is 19. The third-order valence-corrected chi connectivity index (χ3v) is 18.3. The molecule has 546 valence electrons. The van der Waals surface area contributed by atoms with Crippen molar-refractivity contribution in [1.82, 2.24) is 55.6 Å². The summed E-state index contributed by atoms with van der Waals surface area (Å²) in [4.78, 5) is 171. The normalized spacial score (nSPS) is 27.3. The lowest BCUT2D eigenvalue weighted by Crippen LogP contribution is -2.64. The van der Waals surface area contributed by atoms with Gasteiger partial charge in [-0.2, -0.15) is 0 Å². The Bertz CT molecular complexity index is 2580. The Hall–Kier alpha value is -6.06. The molecule has 0 bridgehead atoms. The third-order valence-electron chi connectivity index (χ3n) is 18.3. The zero-order valence-corrected chi connectivity index (χ0v) is 61.5. The fourth-order valence-electron chi connectivity index (χ4n) is 12.2. The molecule has 2 saturated heterocycles. The van der Waals surface area contributed by atoms with E-state index in [0.29, 0.717) is 19.6 Å². The number of hydrogen-bond acceptors (Lipinski definition) is 16. The Kier molecular flexibility index (Phi) is 34.2. The van der Waals surface area contributed by atoms with E-state index in [2.05, 4.69) is 21.3 Å². The van der Waals surface area contributed by atoms with Crippen LogP contribution in [0, 0.1) is 47.3 Å². The summed E-state index contributed by atoms with van der Waals surface area (Å²) in [6.45, 7) is 28.8. The molecule has 0 unspecified atom stereocenters. The van der Waals surface area contributed by atoms with E-state index in [4.69, 9.17) is 4.74 Å². The van der Waals surface area contributed by atoms with Crippen LogP contribution >= 0.6 is 0 Å². The number of cyclic esters (lactones) is 1. The van der Waals surface area contributed by atoms with Gasteiger partial charge in [0, 0.05) is 55.4 Å². The molecule has 27 heteroatoms. The Morgan fingerprint density at radius 1 is 0.505 bits per heavy atom. The van der Waals surface area contributed by atoms with Crippen LogP contribution in [0.25, 0.3) is 0 Å². The van der Waals surface area contributed by atoms with Crippen molar-refractivity contribution in [2.24, 2.45) is 47.3 Å². The first-order valence-corrected chi connectivity index (χ1v) is 34.2. The fraction of sp³-hybridized carbons (Fsp3) is 0.838. The predicted molar refractivity (Wildman–Crippen MR) is 359 cm³/mol. The molecule has 2 heterocycles. The van der Waals surface area contributed by atoms with Crippen molar-refractivity contribution in [3.8, 4) is 0 Å². The maximum absolute atomic E-state index is 15.3. The first kappa shape index (κ1) is 85.0. The maximum atomic E-state index is 15.3. The van der Waals surface area contributed by atoms with Crippen LogP contribution in [0.5, 0.6) is 0 Å². The molecule has 0 spiro atoms. The second-order valence-corrected chi connectivity index (χ2v) is 29.9. The van der Waals surface area contributed by atoms with Gasteiger partial charge < -0.3 is 75.6 Å². The minimum Gasteiger partial charge on any atom is -0.450 e. The summed E-state index contributed by atoms with van der Waals surface area (Å²) in [6, 6.07) is -12.6. The van der Waals surface area contributed by atoms with E-state index in [1.807, 2.05) is 74.1 Å². The van der Waals surface area contributed by atoms with Gasteiger partial charge in [-0.3, -0.25) is 47.9 Å². The number of likely N-dealkylation sites (N-methyl/N-ethyl adjacent to an activating group) is 6. The minimum atomic E-state index is -1.82. The van der Waals surface area contributed by atoms with Crippen LogP contribution in [-0.2, 0) is 57.5 Å². The third kappa shape index (κ3) is 24.8. The van der Waals surface area contributed by atoms with Gasteiger partial charge in [-0.15, -0.1) is 0 Å². The Balaban J connectivity index is 3.03. The molecule has 10 amide bonds. The smallest absolute Gasteiger partial charge is 0.329 e. The van der Waals surface area contributed by atoms with Crippen molar-refractivity contribution in [3.63, 3.8) is 0 Å². The van der Waals surface area contributed by atoms with Crippen LogP contribution in [0.3, 0.4) is 0 Å². The average Bonchev–Trinajstić information content (AvgIpc) is 0.826. The number of alkyl halides is 1. The first-order valence-electron chi connectivity index (χ1n) is 34.2. The molecule has 0 aromatic heterocycles. The number of aliphatic hydroxyl groups is 3. The molecule has 0 aromatic rings. The lowest BCUT2D eigenvalue weighted by molar-refractivity contribution is -0.166. The molecule has 7 N–H and O–H groups in total. The largest absolute Gasteiger partial charge is 0.450 e. The number of likely N-dealkylation sites (tertiary alicyclic amines) is 1. The minimum absolute atomic E-state index is 0.0510. The van der Waals surface area contributed by atoms with Crippen molar-refractivity contribution >= 4 is 65.0 Å². The van der Waals surface area contributed by atoms with Crippen molar-refractivity contribution in [3.05, 3.63) is 0 Å². The molecule has 26 nitrogen and oxygen atoms in total. The SMILES string of the molecule is CC(C)C[C@@H]1NC(=O)[C@H](CC(C)C)N(C)C(=O)CN(C)C(=O)[C@H]([C@@H](C)O)NC(=O)[C@H]([C@H](O)[C@H](C)CCN2CCC(F)(CO)CC2)N(C)C(=O)[C@H](C(C)C)N(C)C(=O)[C@@H](CC(C)C)NC(=O)[C@H](CC(C)C)N(C)C(=O)[C@@H](C(C)C)OC(=O)[C@H](C)NC(=O)[C@H](CC(C)C)N(C)C1=O. The zero-order valence-electron chi connectivity index (χ0n) is 61.5. The van der Waals surface area contributed by atoms with E-state index in [0.717, 1.165) is 24.5 Å². The number of ether oxygens (including phenoxy) is 1. The van der Waals surface area contributed by atoms with Gasteiger partial charge in [0.15, 0.2) is 6.10 Å². The Labute approximate surface area is 565 Å². The molecule has 2 aliphatic rings. The lowest BCUT2D eigenvalue weighted by Gasteiger charge is -2.41. The summed E-state index contributed by atoms with van der Waals surface area (Å²) in [5.41, 5.74) is -1.73. The molecule has 2 fully saturated rings.